The Labute approximate surface area is 231 Å². The Morgan fingerprint density at radius 2 is 1.75 bits per heavy atom. The van der Waals surface area contributed by atoms with Gasteiger partial charge in [0.05, 0.1) is 25.0 Å². The van der Waals surface area contributed by atoms with Gasteiger partial charge in [0.1, 0.15) is 11.9 Å². The van der Waals surface area contributed by atoms with Crippen LogP contribution >= 0.6 is 0 Å². The molecule has 0 radical (unpaired) electrons. The van der Waals surface area contributed by atoms with Crippen molar-refractivity contribution in [2.24, 2.45) is 34.0 Å². The van der Waals surface area contributed by atoms with Crippen molar-refractivity contribution in [2.45, 2.75) is 78.8 Å². The van der Waals surface area contributed by atoms with Gasteiger partial charge in [0.15, 0.2) is 5.78 Å². The van der Waals surface area contributed by atoms with E-state index in [1.165, 1.54) is 6.08 Å². The summed E-state index contributed by atoms with van der Waals surface area (Å²) < 4.78 is 21.0. The maximum atomic E-state index is 14.1. The summed E-state index contributed by atoms with van der Waals surface area (Å²) in [4.78, 5) is 78.6. The van der Waals surface area contributed by atoms with Gasteiger partial charge in [0, 0.05) is 29.1 Å². The second kappa shape index (κ2) is 9.09. The molecule has 1 unspecified atom stereocenters. The van der Waals surface area contributed by atoms with Crippen LogP contribution in [0.15, 0.2) is 22.8 Å². The van der Waals surface area contributed by atoms with Crippen LogP contribution in [0.2, 0.25) is 0 Å². The van der Waals surface area contributed by atoms with Crippen LogP contribution in [0, 0.1) is 34.0 Å². The van der Waals surface area contributed by atoms with Crippen molar-refractivity contribution in [3.8, 4) is 0 Å². The monoisotopic (exact) mass is 558 g/mol. The largest absolute Gasteiger partial charge is 0.466 e. The lowest BCUT2D eigenvalue weighted by molar-refractivity contribution is -0.194. The fraction of sp³-hybridized carbons (Fsp3) is 0.655. The topological polar surface area (TPSA) is 160 Å². The molecule has 40 heavy (non-hydrogen) atoms. The first-order valence-corrected chi connectivity index (χ1v) is 13.4. The molecule has 0 amide bonds. The predicted octanol–water partition coefficient (Wildman–Crippen LogP) is 1.74. The Hall–Kier alpha value is -3.34. The van der Waals surface area contributed by atoms with E-state index in [9.17, 15) is 33.9 Å². The molecule has 11 nitrogen and oxygen atoms in total. The molecule has 2 bridgehead atoms. The summed E-state index contributed by atoms with van der Waals surface area (Å²) in [6, 6.07) is 0. The van der Waals surface area contributed by atoms with Gasteiger partial charge in [-0.25, -0.2) is 9.59 Å². The van der Waals surface area contributed by atoms with E-state index in [1.807, 2.05) is 6.92 Å². The van der Waals surface area contributed by atoms with Gasteiger partial charge in [-0.2, -0.15) is 0 Å². The van der Waals surface area contributed by atoms with Crippen LogP contribution < -0.4 is 0 Å². The summed E-state index contributed by atoms with van der Waals surface area (Å²) in [6.45, 7) is 8.07. The van der Waals surface area contributed by atoms with Crippen molar-refractivity contribution in [1.82, 2.24) is 0 Å². The van der Waals surface area contributed by atoms with E-state index in [1.54, 1.807) is 20.8 Å². The molecule has 3 aliphatic carbocycles. The quantitative estimate of drug-likeness (QED) is 0.232. The Balaban J connectivity index is 1.70. The van der Waals surface area contributed by atoms with Gasteiger partial charge < -0.3 is 24.1 Å². The highest BCUT2D eigenvalue weighted by molar-refractivity contribution is 6.12. The van der Waals surface area contributed by atoms with E-state index in [4.69, 9.17) is 18.9 Å². The minimum Gasteiger partial charge on any atom is -0.466 e. The third-order valence-electron chi connectivity index (χ3n) is 10.1. The molecule has 8 atom stereocenters. The number of allylic oxidation sites excluding steroid dienone is 1. The lowest BCUT2D eigenvalue weighted by atomic mass is 9.40. The number of carbonyl (C=O) groups excluding carboxylic acids is 6. The molecule has 216 valence electrons. The molecule has 0 aromatic rings. The molecule has 1 N–H and O–H groups in total. The minimum absolute atomic E-state index is 0.0496. The fourth-order valence-corrected chi connectivity index (χ4v) is 8.39. The second-order valence-electron chi connectivity index (χ2n) is 12.5. The summed E-state index contributed by atoms with van der Waals surface area (Å²) in [7, 11) is 1.15. The number of fused-ring (bicyclic) bond motifs is 5. The molecule has 2 saturated carbocycles. The molecule has 2 aliphatic heterocycles. The lowest BCUT2D eigenvalue weighted by Gasteiger charge is -2.61. The number of aliphatic hydroxyl groups excluding tert-OH is 1. The smallest absolute Gasteiger partial charge is 0.347 e. The number of methoxy groups -OCH3 is 1. The molecule has 3 fully saturated rings. The number of rotatable bonds is 4. The SMILES string of the molecule is COC(=O)[C@H](OC(C)=O)[C@H]1C(C)(C)C(=O)[C@@H]2CC3=C4CC(=O)O[C@@H](C5=CC(O)OC5=O)[C@]4(C)CC[C@@H]3[C@@]1(C)C2=O. The molecule has 5 rings (SSSR count). The maximum absolute atomic E-state index is 14.1. The fourth-order valence-electron chi connectivity index (χ4n) is 8.39. The van der Waals surface area contributed by atoms with Crippen LogP contribution in [0.25, 0.3) is 0 Å². The Morgan fingerprint density at radius 3 is 2.33 bits per heavy atom. The maximum Gasteiger partial charge on any atom is 0.347 e. The van der Waals surface area contributed by atoms with Gasteiger partial charge in [0.25, 0.3) is 0 Å². The molecule has 0 aromatic carbocycles. The Kier molecular flexibility index (Phi) is 6.41. The highest BCUT2D eigenvalue weighted by atomic mass is 16.6. The second-order valence-corrected chi connectivity index (χ2v) is 12.5. The van der Waals surface area contributed by atoms with Crippen LogP contribution in [0.4, 0.5) is 0 Å². The van der Waals surface area contributed by atoms with Crippen LogP contribution in [-0.2, 0) is 47.7 Å². The molecule has 2 heterocycles. The zero-order valence-corrected chi connectivity index (χ0v) is 23.4. The molecule has 0 spiro atoms. The number of ether oxygens (including phenoxy) is 4. The zero-order valence-electron chi connectivity index (χ0n) is 23.4. The van der Waals surface area contributed by atoms with Crippen LogP contribution in [0.3, 0.4) is 0 Å². The van der Waals surface area contributed by atoms with E-state index in [0.29, 0.717) is 18.4 Å². The Bertz CT molecular complexity index is 1300. The molecule has 5 aliphatic rings. The van der Waals surface area contributed by atoms with Crippen LogP contribution in [0.1, 0.15) is 60.3 Å². The van der Waals surface area contributed by atoms with Crippen molar-refractivity contribution in [1.29, 1.82) is 0 Å². The number of hydrogen-bond donors (Lipinski definition) is 1. The normalized spacial score (nSPS) is 38.9. The standard InChI is InChI=1S/C29H34O11/c1-12(30)38-20(26(36)37-6)21-27(2,3)22(33)14-9-13-16(29(21,5)23(14)34)7-8-28(4)17(13)11-19(32)39-24(28)15-10-18(31)40-25(15)35/h10,14,16,18,20-21,24,31H,7-9,11H2,1-6H3/t14-,16-,18?,20+,21-,24-,28+,29+/m0/s1. The van der Waals surface area contributed by atoms with Crippen LogP contribution in [-0.4, -0.2) is 66.2 Å². The van der Waals surface area contributed by atoms with E-state index >= 15 is 0 Å². The van der Waals surface area contributed by atoms with Gasteiger partial charge in [-0.05, 0) is 36.8 Å². The molecule has 1 saturated heterocycles. The first kappa shape index (κ1) is 28.2. The highest BCUT2D eigenvalue weighted by Gasteiger charge is 2.70. The van der Waals surface area contributed by atoms with E-state index < -0.39 is 76.4 Å². The van der Waals surface area contributed by atoms with Gasteiger partial charge in [-0.3, -0.25) is 19.2 Å². The molecular formula is C29H34O11. The molecule has 0 aromatic heterocycles. The summed E-state index contributed by atoms with van der Waals surface area (Å²) in [5, 5.41) is 9.87. The summed E-state index contributed by atoms with van der Waals surface area (Å²) in [5.74, 6) is -6.18. The number of hydrogen-bond acceptors (Lipinski definition) is 11. The van der Waals surface area contributed by atoms with Gasteiger partial charge in [0.2, 0.25) is 12.4 Å². The number of Topliss-reactive ketones (excluding diaryl/α,β-unsaturated/α-hetero) is 2. The summed E-state index contributed by atoms with van der Waals surface area (Å²) in [6.07, 6.45) is -1.89. The summed E-state index contributed by atoms with van der Waals surface area (Å²) in [5.41, 5.74) is -1.88. The van der Waals surface area contributed by atoms with Crippen LogP contribution in [0.5, 0.6) is 0 Å². The first-order valence-electron chi connectivity index (χ1n) is 13.4. The van der Waals surface area contributed by atoms with Crippen molar-refractivity contribution in [3.63, 3.8) is 0 Å². The molecular weight excluding hydrogens is 524 g/mol. The van der Waals surface area contributed by atoms with Crippen molar-refractivity contribution in [2.75, 3.05) is 7.11 Å². The number of esters is 4. The third-order valence-corrected chi connectivity index (χ3v) is 10.1. The van der Waals surface area contributed by atoms with Crippen molar-refractivity contribution >= 4 is 35.4 Å². The summed E-state index contributed by atoms with van der Waals surface area (Å²) >= 11 is 0. The lowest BCUT2D eigenvalue weighted by Crippen LogP contribution is -2.68. The minimum atomic E-state index is -1.50. The molecule has 11 heteroatoms. The average Bonchev–Trinajstić information content (AvgIpc) is 3.20. The number of carbonyl (C=O) groups is 6. The van der Waals surface area contributed by atoms with Crippen molar-refractivity contribution in [3.05, 3.63) is 22.8 Å². The van der Waals surface area contributed by atoms with Gasteiger partial charge in [-0.1, -0.05) is 33.3 Å². The predicted molar refractivity (Wildman–Crippen MR) is 134 cm³/mol. The van der Waals surface area contributed by atoms with E-state index in [-0.39, 0.29) is 30.0 Å². The van der Waals surface area contributed by atoms with Gasteiger partial charge >= 0.3 is 23.9 Å². The van der Waals surface area contributed by atoms with E-state index in [0.717, 1.165) is 19.6 Å². The number of aliphatic hydroxyl groups is 1. The van der Waals surface area contributed by atoms with Gasteiger partial charge in [-0.15, -0.1) is 0 Å². The average molecular weight is 559 g/mol. The number of ketones is 2. The first-order chi connectivity index (χ1) is 18.6. The number of cyclic esters (lactones) is 2. The third kappa shape index (κ3) is 3.73. The Morgan fingerprint density at radius 1 is 1.07 bits per heavy atom. The zero-order chi connectivity index (χ0) is 29.5. The van der Waals surface area contributed by atoms with Crippen molar-refractivity contribution < 1.29 is 52.8 Å². The van der Waals surface area contributed by atoms with E-state index in [2.05, 4.69) is 0 Å². The highest BCUT2D eigenvalue weighted by Crippen LogP contribution is 2.66.